The van der Waals surface area contributed by atoms with Crippen LogP contribution >= 0.6 is 35.3 Å². The van der Waals surface area contributed by atoms with E-state index in [-0.39, 0.29) is 24.6 Å². The van der Waals surface area contributed by atoms with Gasteiger partial charge in [0.2, 0.25) is 0 Å². The lowest BCUT2D eigenvalue weighted by Gasteiger charge is -2.27. The minimum atomic E-state index is -0.525. The number of thiazole rings is 1. The van der Waals surface area contributed by atoms with Gasteiger partial charge in [0.15, 0.2) is 0 Å². The molecule has 1 amide bonds. The monoisotopic (exact) mass is 797 g/mol. The zero-order chi connectivity index (χ0) is 38.8. The number of unbranched alkanes of at least 4 members (excludes halogenated alkanes) is 1. The Bertz CT molecular complexity index is 2470. The Balaban J connectivity index is 1.14. The predicted octanol–water partition coefficient (Wildman–Crippen LogP) is 8.45. The number of hydrogen-bond acceptors (Lipinski definition) is 8. The van der Waals surface area contributed by atoms with Crippen LogP contribution in [-0.2, 0) is 20.9 Å². The summed E-state index contributed by atoms with van der Waals surface area (Å²) in [6.07, 6.45) is 9.28. The normalized spacial score (nSPS) is 18.7. The molecular weight excluding hydrogens is 755 g/mol. The molecule has 3 aliphatic rings. The van der Waals surface area contributed by atoms with Gasteiger partial charge in [0, 0.05) is 29.9 Å². The molecule has 1 aliphatic carbocycles. The maximum atomic E-state index is 14.0. The summed E-state index contributed by atoms with van der Waals surface area (Å²) in [5, 5.41) is 0. The van der Waals surface area contributed by atoms with Gasteiger partial charge in [0.05, 0.1) is 11.1 Å². The van der Waals surface area contributed by atoms with Crippen molar-refractivity contribution in [2.75, 3.05) is 18.1 Å². The molecule has 1 saturated carbocycles. The molecule has 0 bridgehead atoms. The highest BCUT2D eigenvalue weighted by Crippen LogP contribution is 2.52. The summed E-state index contributed by atoms with van der Waals surface area (Å²) >= 11 is 8.00. The first kappa shape index (κ1) is 37.9. The number of carbonyl (C=O) groups is 2. The SMILES string of the molecule is CCCCN1C(=O)/C(=c2\s/c(=C/c3ccc4c(c3)C3CCCC3N4c3ccc(C=C(c4ccccc4)c4ccccc4)cc3)c(=O)n2CC(=O)OCC)SC1=S. The lowest BCUT2D eigenvalue weighted by atomic mass is 9.95. The Morgan fingerprint density at radius 1 is 0.893 bits per heavy atom. The number of esters is 1. The molecule has 0 radical (unpaired) electrons. The molecule has 1 aromatic heterocycles. The van der Waals surface area contributed by atoms with Gasteiger partial charge in [-0.15, -0.1) is 11.3 Å². The van der Waals surface area contributed by atoms with Crippen LogP contribution in [0.15, 0.2) is 108 Å². The van der Waals surface area contributed by atoms with Crippen LogP contribution in [0.3, 0.4) is 0 Å². The fourth-order valence-electron chi connectivity index (χ4n) is 8.12. The summed E-state index contributed by atoms with van der Waals surface area (Å²) in [5.74, 6) is -0.359. The van der Waals surface area contributed by atoms with E-state index >= 15 is 0 Å². The highest BCUT2D eigenvalue weighted by molar-refractivity contribution is 8.30. The maximum Gasteiger partial charge on any atom is 0.326 e. The summed E-state index contributed by atoms with van der Waals surface area (Å²) < 4.78 is 7.96. The zero-order valence-corrected chi connectivity index (χ0v) is 33.9. The molecule has 2 unspecified atom stereocenters. The summed E-state index contributed by atoms with van der Waals surface area (Å²) in [7, 11) is 0. The Morgan fingerprint density at radius 3 is 2.27 bits per heavy atom. The number of aromatic nitrogens is 1. The lowest BCUT2D eigenvalue weighted by molar-refractivity contribution is -0.143. The molecule has 4 aromatic carbocycles. The quantitative estimate of drug-likeness (QED) is 0.0755. The molecule has 7 nitrogen and oxygen atoms in total. The smallest absolute Gasteiger partial charge is 0.326 e. The van der Waals surface area contributed by atoms with E-state index in [1.54, 1.807) is 11.8 Å². The molecule has 56 heavy (non-hydrogen) atoms. The van der Waals surface area contributed by atoms with Gasteiger partial charge in [0.1, 0.15) is 20.4 Å². The number of anilines is 2. The van der Waals surface area contributed by atoms with Crippen molar-refractivity contribution in [2.24, 2.45) is 0 Å². The van der Waals surface area contributed by atoms with Gasteiger partial charge >= 0.3 is 5.97 Å². The van der Waals surface area contributed by atoms with E-state index < -0.39 is 5.97 Å². The molecule has 284 valence electrons. The molecule has 10 heteroatoms. The van der Waals surface area contributed by atoms with Crippen molar-refractivity contribution in [3.05, 3.63) is 150 Å². The van der Waals surface area contributed by atoms with E-state index in [2.05, 4.69) is 109 Å². The third-order valence-corrected chi connectivity index (χ3v) is 13.4. The van der Waals surface area contributed by atoms with Crippen molar-refractivity contribution in [3.63, 3.8) is 0 Å². The van der Waals surface area contributed by atoms with Crippen LogP contribution in [0.25, 0.3) is 22.6 Å². The van der Waals surface area contributed by atoms with Crippen molar-refractivity contribution in [3.8, 4) is 0 Å². The minimum Gasteiger partial charge on any atom is -0.465 e. The molecule has 8 rings (SSSR count). The highest BCUT2D eigenvalue weighted by Gasteiger charge is 2.42. The van der Waals surface area contributed by atoms with Crippen LogP contribution in [0.5, 0.6) is 0 Å². The Morgan fingerprint density at radius 2 is 1.59 bits per heavy atom. The number of amides is 1. The number of thiocarbonyl (C=S) groups is 1. The summed E-state index contributed by atoms with van der Waals surface area (Å²) in [6, 6.07) is 36.8. The second-order valence-electron chi connectivity index (χ2n) is 14.3. The number of rotatable bonds is 11. The third kappa shape index (κ3) is 7.45. The van der Waals surface area contributed by atoms with Crippen molar-refractivity contribution in [1.29, 1.82) is 0 Å². The van der Waals surface area contributed by atoms with Gasteiger partial charge < -0.3 is 9.64 Å². The molecule has 1 saturated heterocycles. The van der Waals surface area contributed by atoms with Crippen LogP contribution in [0.2, 0.25) is 0 Å². The van der Waals surface area contributed by atoms with E-state index in [0.29, 0.717) is 36.9 Å². The number of ether oxygens (including phenoxy) is 1. The zero-order valence-electron chi connectivity index (χ0n) is 31.5. The molecule has 2 fully saturated rings. The van der Waals surface area contributed by atoms with Crippen LogP contribution in [-0.4, -0.2) is 44.9 Å². The van der Waals surface area contributed by atoms with E-state index in [1.807, 2.05) is 18.2 Å². The van der Waals surface area contributed by atoms with Crippen LogP contribution in [0.4, 0.5) is 11.4 Å². The van der Waals surface area contributed by atoms with Crippen molar-refractivity contribution >= 4 is 85.5 Å². The van der Waals surface area contributed by atoms with Gasteiger partial charge in [-0.05, 0) is 96.0 Å². The number of hydrogen-bond donors (Lipinski definition) is 0. The second kappa shape index (κ2) is 16.6. The molecular formula is C46H43N3O4S3. The number of fused-ring (bicyclic) bond motifs is 3. The minimum absolute atomic E-state index is 0.199. The van der Waals surface area contributed by atoms with Gasteiger partial charge in [0.25, 0.3) is 11.5 Å². The average molecular weight is 798 g/mol. The molecule has 0 N–H and O–H groups in total. The first-order valence-corrected chi connectivity index (χ1v) is 21.4. The van der Waals surface area contributed by atoms with Crippen molar-refractivity contribution < 1.29 is 14.3 Å². The van der Waals surface area contributed by atoms with Crippen molar-refractivity contribution in [1.82, 2.24) is 9.47 Å². The Kier molecular flexibility index (Phi) is 11.2. The fraction of sp³-hybridized carbons (Fsp3) is 0.261. The Labute approximate surface area is 340 Å². The highest BCUT2D eigenvalue weighted by atomic mass is 32.2. The van der Waals surface area contributed by atoms with Crippen LogP contribution < -0.4 is 19.7 Å². The number of thioether (sulfide) groups is 1. The summed E-state index contributed by atoms with van der Waals surface area (Å²) in [5.41, 5.74) is 8.92. The first-order chi connectivity index (χ1) is 27.3. The average Bonchev–Trinajstić information content (AvgIpc) is 3.96. The molecule has 2 atom stereocenters. The van der Waals surface area contributed by atoms with E-state index in [4.69, 9.17) is 17.0 Å². The molecule has 0 spiro atoms. The molecule has 5 aromatic rings. The number of carbonyl (C=O) groups excluding carboxylic acids is 2. The first-order valence-electron chi connectivity index (χ1n) is 19.3. The maximum absolute atomic E-state index is 14.0. The summed E-state index contributed by atoms with van der Waals surface area (Å²) in [6.45, 7) is 4.24. The van der Waals surface area contributed by atoms with Gasteiger partial charge in [-0.1, -0.05) is 123 Å². The topological polar surface area (TPSA) is 71.9 Å². The summed E-state index contributed by atoms with van der Waals surface area (Å²) in [4.78, 5) is 44.7. The number of benzene rings is 4. The van der Waals surface area contributed by atoms with Gasteiger partial charge in [-0.25, -0.2) is 0 Å². The lowest BCUT2D eigenvalue weighted by Crippen LogP contribution is -2.36. The van der Waals surface area contributed by atoms with E-state index in [9.17, 15) is 14.4 Å². The molecule has 2 aliphatic heterocycles. The van der Waals surface area contributed by atoms with Crippen molar-refractivity contribution in [2.45, 2.75) is 64.5 Å². The predicted molar refractivity (Wildman–Crippen MR) is 234 cm³/mol. The standard InChI is InChI=1S/C46H43N3O4S3/c1-3-5-25-47-44(52)42(56-46(47)54)45-48(29-41(50)53-4-2)43(51)40(55-45)28-31-21-24-39-37(27-31)35-17-12-18-38(35)49(39)34-22-19-30(20-23-34)26-36(32-13-8-6-9-14-32)33-15-10-7-11-16-33/h6-11,13-16,19-24,26-28,35,38H,3-5,12,17-18,25,29H2,1-2H3/b40-28+,45-42+. The number of nitrogens with zero attached hydrogens (tertiary/aromatic N) is 3. The molecule has 3 heterocycles. The fourth-order valence-corrected chi connectivity index (χ4v) is 10.7. The van der Waals surface area contributed by atoms with Crippen LogP contribution in [0, 0.1) is 0 Å². The van der Waals surface area contributed by atoms with E-state index in [0.717, 1.165) is 43.2 Å². The van der Waals surface area contributed by atoms with Crippen LogP contribution in [0.1, 0.15) is 79.7 Å². The Hall–Kier alpha value is -5.03. The van der Waals surface area contributed by atoms with Gasteiger partial charge in [-0.2, -0.15) is 0 Å². The van der Waals surface area contributed by atoms with E-state index in [1.165, 1.54) is 61.3 Å². The largest absolute Gasteiger partial charge is 0.465 e. The third-order valence-electron chi connectivity index (χ3n) is 10.8. The second-order valence-corrected chi connectivity index (χ2v) is 17.0. The van der Waals surface area contributed by atoms with Gasteiger partial charge in [-0.3, -0.25) is 23.9 Å².